The molecule has 1 aliphatic carbocycles. The van der Waals surface area contributed by atoms with Crippen molar-refractivity contribution in [3.8, 4) is 11.1 Å². The molecule has 1 N–H and O–H groups in total. The van der Waals surface area contributed by atoms with E-state index in [9.17, 15) is 22.4 Å². The molecule has 0 heterocycles. The highest BCUT2D eigenvalue weighted by molar-refractivity contribution is 6.01. The number of fused-ring (bicyclic) bond motifs is 3. The van der Waals surface area contributed by atoms with Crippen molar-refractivity contribution in [1.82, 2.24) is 0 Å². The van der Waals surface area contributed by atoms with Gasteiger partial charge in [0, 0.05) is 11.1 Å². The van der Waals surface area contributed by atoms with Crippen molar-refractivity contribution in [2.45, 2.75) is 39.4 Å². The number of esters is 1. The third-order valence-electron chi connectivity index (χ3n) is 5.92. The Labute approximate surface area is 189 Å². The molecule has 1 aliphatic rings. The van der Waals surface area contributed by atoms with E-state index in [0.717, 1.165) is 33.9 Å². The molecule has 3 nitrogen and oxygen atoms in total. The van der Waals surface area contributed by atoms with Gasteiger partial charge in [-0.1, -0.05) is 41.5 Å². The first-order chi connectivity index (χ1) is 15.5. The maximum Gasteiger partial charge on any atom is 0.416 e. The van der Waals surface area contributed by atoms with Crippen LogP contribution in [0.25, 0.3) is 11.1 Å². The minimum Gasteiger partial charge on any atom is -0.464 e. The molecule has 172 valence electrons. The van der Waals surface area contributed by atoms with E-state index in [1.165, 1.54) is 0 Å². The molecule has 0 radical (unpaired) electrons. The molecular formula is C26H23F4NO2. The Balaban J connectivity index is 2.06. The topological polar surface area (TPSA) is 38.3 Å². The number of anilines is 1. The van der Waals surface area contributed by atoms with Crippen LogP contribution in [0.4, 0.5) is 23.2 Å². The lowest BCUT2D eigenvalue weighted by Gasteiger charge is -2.33. The lowest BCUT2D eigenvalue weighted by Crippen LogP contribution is -2.45. The molecule has 0 amide bonds. The van der Waals surface area contributed by atoms with Gasteiger partial charge < -0.3 is 10.1 Å². The van der Waals surface area contributed by atoms with Crippen molar-refractivity contribution < 1.29 is 27.1 Å². The highest BCUT2D eigenvalue weighted by Crippen LogP contribution is 2.52. The molecule has 0 aromatic heterocycles. The van der Waals surface area contributed by atoms with Crippen LogP contribution in [0.2, 0.25) is 0 Å². The normalized spacial score (nSPS) is 16.8. The molecule has 7 heteroatoms. The molecule has 0 spiro atoms. The number of aryl methyl sites for hydroxylation is 3. The number of rotatable bonds is 4. The molecule has 0 fully saturated rings. The lowest BCUT2D eigenvalue weighted by atomic mass is 9.83. The average Bonchev–Trinajstić information content (AvgIpc) is 2.99. The van der Waals surface area contributed by atoms with E-state index in [-0.39, 0.29) is 6.61 Å². The van der Waals surface area contributed by atoms with Crippen LogP contribution in [0, 0.1) is 26.6 Å². The summed E-state index contributed by atoms with van der Waals surface area (Å²) < 4.78 is 60.4. The molecule has 4 rings (SSSR count). The van der Waals surface area contributed by atoms with Crippen molar-refractivity contribution in [3.63, 3.8) is 0 Å². The van der Waals surface area contributed by atoms with E-state index in [1.807, 2.05) is 45.0 Å². The Morgan fingerprint density at radius 1 is 0.970 bits per heavy atom. The van der Waals surface area contributed by atoms with Gasteiger partial charge >= 0.3 is 12.1 Å². The number of hydrogen-bond acceptors (Lipinski definition) is 3. The highest BCUT2D eigenvalue weighted by atomic mass is 19.4. The summed E-state index contributed by atoms with van der Waals surface area (Å²) in [5, 5.41) is 2.87. The predicted octanol–water partition coefficient (Wildman–Crippen LogP) is 6.67. The number of halogens is 4. The first-order valence-electron chi connectivity index (χ1n) is 10.5. The van der Waals surface area contributed by atoms with Crippen molar-refractivity contribution >= 4 is 11.7 Å². The SMILES string of the molecule is CCOC(=O)C1(Nc2cc(C(F)(F)F)ccc2F)c2cc(C)ccc2-c2cc(C)cc(C)c21. The van der Waals surface area contributed by atoms with Gasteiger partial charge in [-0.2, -0.15) is 13.2 Å². The molecule has 33 heavy (non-hydrogen) atoms. The van der Waals surface area contributed by atoms with Crippen LogP contribution in [0.1, 0.15) is 40.3 Å². The minimum atomic E-state index is -4.67. The Hall–Kier alpha value is -3.35. The average molecular weight is 457 g/mol. The standard InChI is InChI=1S/C26H23F4NO2/c1-5-33-24(32)25(31-22-13-17(26(28,29)30)7-9-21(22)27)20-12-14(2)6-8-18(20)19-11-15(3)10-16(4)23(19)25/h6-13,31H,5H2,1-4H3. The zero-order valence-electron chi connectivity index (χ0n) is 18.7. The summed E-state index contributed by atoms with van der Waals surface area (Å²) in [7, 11) is 0. The quantitative estimate of drug-likeness (QED) is 0.351. The van der Waals surface area contributed by atoms with Gasteiger partial charge in [-0.15, -0.1) is 0 Å². The number of carbonyl (C=O) groups excluding carboxylic acids is 1. The number of alkyl halides is 3. The molecule has 3 aromatic carbocycles. The fraction of sp³-hybridized carbons (Fsp3) is 0.269. The molecular weight excluding hydrogens is 434 g/mol. The lowest BCUT2D eigenvalue weighted by molar-refractivity contribution is -0.147. The summed E-state index contributed by atoms with van der Waals surface area (Å²) in [6, 6.07) is 11.5. The van der Waals surface area contributed by atoms with Gasteiger partial charge in [-0.25, -0.2) is 9.18 Å². The van der Waals surface area contributed by atoms with Crippen LogP contribution >= 0.6 is 0 Å². The van der Waals surface area contributed by atoms with Gasteiger partial charge in [-0.3, -0.25) is 0 Å². The smallest absolute Gasteiger partial charge is 0.416 e. The molecule has 0 saturated heterocycles. The second-order valence-corrected chi connectivity index (χ2v) is 8.34. The van der Waals surface area contributed by atoms with E-state index < -0.39 is 34.8 Å². The van der Waals surface area contributed by atoms with Gasteiger partial charge in [0.1, 0.15) is 5.82 Å². The van der Waals surface area contributed by atoms with E-state index in [0.29, 0.717) is 23.3 Å². The summed E-state index contributed by atoms with van der Waals surface area (Å²) in [4.78, 5) is 13.6. The summed E-state index contributed by atoms with van der Waals surface area (Å²) >= 11 is 0. The first-order valence-corrected chi connectivity index (χ1v) is 10.5. The van der Waals surface area contributed by atoms with Crippen LogP contribution in [-0.4, -0.2) is 12.6 Å². The summed E-state index contributed by atoms with van der Waals surface area (Å²) in [6.45, 7) is 7.29. The predicted molar refractivity (Wildman–Crippen MR) is 119 cm³/mol. The maximum absolute atomic E-state index is 14.8. The Kier molecular flexibility index (Phi) is 5.47. The van der Waals surface area contributed by atoms with Crippen LogP contribution in [0.15, 0.2) is 48.5 Å². The van der Waals surface area contributed by atoms with Gasteiger partial charge in [-0.05, 0) is 62.6 Å². The van der Waals surface area contributed by atoms with Crippen molar-refractivity contribution in [2.75, 3.05) is 11.9 Å². The molecule has 1 atom stereocenters. The summed E-state index contributed by atoms with van der Waals surface area (Å²) in [6.07, 6.45) is -4.67. The second kappa shape index (κ2) is 7.90. The van der Waals surface area contributed by atoms with E-state index in [1.54, 1.807) is 13.0 Å². The Morgan fingerprint density at radius 3 is 2.36 bits per heavy atom. The second-order valence-electron chi connectivity index (χ2n) is 8.34. The number of ether oxygens (including phenoxy) is 1. The Morgan fingerprint density at radius 2 is 1.70 bits per heavy atom. The molecule has 3 aromatic rings. The van der Waals surface area contributed by atoms with Crippen molar-refractivity contribution in [3.05, 3.63) is 87.7 Å². The van der Waals surface area contributed by atoms with Crippen LogP contribution in [-0.2, 0) is 21.2 Å². The highest BCUT2D eigenvalue weighted by Gasteiger charge is 2.52. The monoisotopic (exact) mass is 457 g/mol. The minimum absolute atomic E-state index is 0.0503. The van der Waals surface area contributed by atoms with Gasteiger partial charge in [0.25, 0.3) is 0 Å². The van der Waals surface area contributed by atoms with Crippen molar-refractivity contribution in [2.24, 2.45) is 0 Å². The van der Waals surface area contributed by atoms with Crippen LogP contribution in [0.3, 0.4) is 0 Å². The molecule has 0 aliphatic heterocycles. The van der Waals surface area contributed by atoms with Gasteiger partial charge in [0.15, 0.2) is 5.54 Å². The molecule has 1 unspecified atom stereocenters. The maximum atomic E-state index is 14.8. The number of hydrogen-bond donors (Lipinski definition) is 1. The largest absolute Gasteiger partial charge is 0.464 e. The first kappa shape index (κ1) is 22.8. The zero-order chi connectivity index (χ0) is 24.1. The van der Waals surface area contributed by atoms with E-state index in [2.05, 4.69) is 5.32 Å². The Bertz CT molecular complexity index is 1270. The van der Waals surface area contributed by atoms with Crippen LogP contribution in [0.5, 0.6) is 0 Å². The number of benzene rings is 3. The number of carbonyl (C=O) groups is 1. The third kappa shape index (κ3) is 3.65. The van der Waals surface area contributed by atoms with Crippen molar-refractivity contribution in [1.29, 1.82) is 0 Å². The summed E-state index contributed by atoms with van der Waals surface area (Å²) in [5.41, 5.74) is 1.95. The summed E-state index contributed by atoms with van der Waals surface area (Å²) in [5.74, 6) is -1.61. The zero-order valence-corrected chi connectivity index (χ0v) is 18.7. The van der Waals surface area contributed by atoms with Gasteiger partial charge in [0.2, 0.25) is 0 Å². The molecule has 0 bridgehead atoms. The fourth-order valence-electron chi connectivity index (χ4n) is 4.65. The van der Waals surface area contributed by atoms with Gasteiger partial charge in [0.05, 0.1) is 17.9 Å². The molecule has 0 saturated carbocycles. The third-order valence-corrected chi connectivity index (χ3v) is 5.92. The fourth-order valence-corrected chi connectivity index (χ4v) is 4.65. The van der Waals surface area contributed by atoms with E-state index >= 15 is 0 Å². The van der Waals surface area contributed by atoms with E-state index in [4.69, 9.17) is 4.74 Å². The number of nitrogens with one attached hydrogen (secondary N) is 1. The van der Waals surface area contributed by atoms with Crippen LogP contribution < -0.4 is 5.32 Å².